The van der Waals surface area contributed by atoms with Crippen molar-refractivity contribution in [2.45, 2.75) is 6.18 Å². The van der Waals surface area contributed by atoms with Gasteiger partial charge in [0.05, 0.1) is 11.9 Å². The van der Waals surface area contributed by atoms with Crippen molar-refractivity contribution in [2.24, 2.45) is 7.05 Å². The van der Waals surface area contributed by atoms with Crippen LogP contribution in [0.3, 0.4) is 0 Å². The molecule has 0 amide bonds. The third-order valence-corrected chi connectivity index (χ3v) is 2.30. The van der Waals surface area contributed by atoms with Crippen LogP contribution in [0.4, 0.5) is 24.8 Å². The first-order valence-corrected chi connectivity index (χ1v) is 5.09. The van der Waals surface area contributed by atoms with E-state index < -0.39 is 16.9 Å². The second-order valence-electron chi connectivity index (χ2n) is 3.42. The van der Waals surface area contributed by atoms with Crippen LogP contribution in [0, 0.1) is 0 Å². The highest BCUT2D eigenvalue weighted by Crippen LogP contribution is 2.33. The zero-order chi connectivity index (χ0) is 13.3. The van der Waals surface area contributed by atoms with Gasteiger partial charge in [-0.2, -0.15) is 18.3 Å². The molecule has 0 spiro atoms. The largest absolute Gasteiger partial charge is 0.420 e. The van der Waals surface area contributed by atoms with Gasteiger partial charge in [0.2, 0.25) is 5.95 Å². The third kappa shape index (κ3) is 2.70. The van der Waals surface area contributed by atoms with E-state index in [-0.39, 0.29) is 5.95 Å². The van der Waals surface area contributed by atoms with Crippen molar-refractivity contribution in [1.82, 2.24) is 19.7 Å². The van der Waals surface area contributed by atoms with E-state index >= 15 is 0 Å². The Kier molecular flexibility index (Phi) is 3.12. The molecule has 0 unspecified atom stereocenters. The van der Waals surface area contributed by atoms with Gasteiger partial charge in [-0.25, -0.2) is 9.97 Å². The Balaban J connectivity index is 2.24. The lowest BCUT2D eigenvalue weighted by Crippen LogP contribution is -2.09. The molecule has 0 aliphatic rings. The summed E-state index contributed by atoms with van der Waals surface area (Å²) < 4.78 is 38.8. The van der Waals surface area contributed by atoms with Crippen molar-refractivity contribution < 1.29 is 13.2 Å². The molecule has 0 saturated heterocycles. The fourth-order valence-electron chi connectivity index (χ4n) is 1.23. The second-order valence-corrected chi connectivity index (χ2v) is 3.78. The highest BCUT2D eigenvalue weighted by molar-refractivity contribution is 6.30. The number of hydrogen-bond donors (Lipinski definition) is 1. The van der Waals surface area contributed by atoms with E-state index in [4.69, 9.17) is 11.6 Å². The molecule has 18 heavy (non-hydrogen) atoms. The summed E-state index contributed by atoms with van der Waals surface area (Å²) in [5.74, 6) is -0.0269. The number of aromatic nitrogens is 4. The van der Waals surface area contributed by atoms with Gasteiger partial charge in [-0.1, -0.05) is 11.6 Å². The minimum Gasteiger partial charge on any atom is -0.321 e. The fourth-order valence-corrected chi connectivity index (χ4v) is 1.46. The number of nitrogens with zero attached hydrogens (tertiary/aromatic N) is 4. The first-order chi connectivity index (χ1) is 8.36. The summed E-state index contributed by atoms with van der Waals surface area (Å²) in [7, 11) is 1.70. The lowest BCUT2D eigenvalue weighted by Gasteiger charge is -2.08. The van der Waals surface area contributed by atoms with Gasteiger partial charge in [-0.15, -0.1) is 0 Å². The Morgan fingerprint density at radius 1 is 1.33 bits per heavy atom. The lowest BCUT2D eigenvalue weighted by molar-refractivity contribution is -0.137. The van der Waals surface area contributed by atoms with Crippen LogP contribution in [0.15, 0.2) is 18.6 Å². The summed E-state index contributed by atoms with van der Waals surface area (Å²) in [5.41, 5.74) is -0.519. The van der Waals surface area contributed by atoms with E-state index in [2.05, 4.69) is 20.4 Å². The van der Waals surface area contributed by atoms with E-state index in [1.54, 1.807) is 13.2 Å². The fraction of sp³-hybridized carbons (Fsp3) is 0.222. The summed E-state index contributed by atoms with van der Waals surface area (Å²) in [4.78, 5) is 7.08. The Labute approximate surface area is 105 Å². The molecule has 2 rings (SSSR count). The average molecular weight is 278 g/mol. The van der Waals surface area contributed by atoms with Gasteiger partial charge < -0.3 is 5.32 Å². The minimum absolute atomic E-state index is 0.0269. The predicted molar refractivity (Wildman–Crippen MR) is 58.5 cm³/mol. The third-order valence-electron chi connectivity index (χ3n) is 2.01. The Morgan fingerprint density at radius 3 is 2.56 bits per heavy atom. The van der Waals surface area contributed by atoms with Gasteiger partial charge in [-0.3, -0.25) is 4.68 Å². The minimum atomic E-state index is -4.57. The van der Waals surface area contributed by atoms with Crippen LogP contribution >= 0.6 is 11.6 Å². The molecule has 5 nitrogen and oxygen atoms in total. The molecule has 9 heteroatoms. The summed E-state index contributed by atoms with van der Waals surface area (Å²) in [6, 6.07) is 0. The Bertz CT molecular complexity index is 566. The molecule has 0 aliphatic heterocycles. The van der Waals surface area contributed by atoms with Gasteiger partial charge >= 0.3 is 6.18 Å². The zero-order valence-corrected chi connectivity index (χ0v) is 9.79. The van der Waals surface area contributed by atoms with Crippen molar-refractivity contribution in [3.8, 4) is 0 Å². The normalized spacial score (nSPS) is 11.6. The number of nitrogens with one attached hydrogen (secondary N) is 1. The van der Waals surface area contributed by atoms with Gasteiger partial charge in [0, 0.05) is 19.4 Å². The summed E-state index contributed by atoms with van der Waals surface area (Å²) >= 11 is 5.45. The van der Waals surface area contributed by atoms with Crippen LogP contribution in [-0.4, -0.2) is 19.7 Å². The monoisotopic (exact) mass is 277 g/mol. The van der Waals surface area contributed by atoms with Crippen LogP contribution < -0.4 is 5.32 Å². The smallest absolute Gasteiger partial charge is 0.321 e. The van der Waals surface area contributed by atoms with E-state index in [0.717, 1.165) is 0 Å². The maximum absolute atomic E-state index is 12.4. The average Bonchev–Trinajstić information content (AvgIpc) is 2.62. The summed E-state index contributed by atoms with van der Waals surface area (Å²) in [6.45, 7) is 0. The molecule has 2 aromatic heterocycles. The van der Waals surface area contributed by atoms with Gasteiger partial charge in [0.25, 0.3) is 0 Å². The van der Waals surface area contributed by atoms with Gasteiger partial charge in [0.15, 0.2) is 0 Å². The zero-order valence-electron chi connectivity index (χ0n) is 9.03. The Morgan fingerprint density at radius 2 is 2.06 bits per heavy atom. The van der Waals surface area contributed by atoms with Crippen molar-refractivity contribution in [1.29, 1.82) is 0 Å². The SMILES string of the molecule is Cn1cc(Nc2ncc(C(F)(F)F)c(Cl)n2)cn1. The van der Waals surface area contributed by atoms with E-state index in [1.165, 1.54) is 10.9 Å². The number of alkyl halides is 3. The van der Waals surface area contributed by atoms with E-state index in [0.29, 0.717) is 11.9 Å². The van der Waals surface area contributed by atoms with Gasteiger partial charge in [0.1, 0.15) is 10.7 Å². The number of aryl methyl sites for hydroxylation is 1. The highest BCUT2D eigenvalue weighted by Gasteiger charge is 2.34. The molecule has 0 radical (unpaired) electrons. The molecule has 0 bridgehead atoms. The number of hydrogen-bond acceptors (Lipinski definition) is 4. The molecule has 2 aromatic rings. The van der Waals surface area contributed by atoms with Crippen molar-refractivity contribution in [2.75, 3.05) is 5.32 Å². The van der Waals surface area contributed by atoms with Crippen LogP contribution in [0.25, 0.3) is 0 Å². The topological polar surface area (TPSA) is 55.6 Å². The van der Waals surface area contributed by atoms with Crippen LogP contribution in [-0.2, 0) is 13.2 Å². The summed E-state index contributed by atoms with van der Waals surface area (Å²) in [6.07, 6.45) is -0.832. The quantitative estimate of drug-likeness (QED) is 0.858. The molecule has 0 fully saturated rings. The molecule has 96 valence electrons. The first-order valence-electron chi connectivity index (χ1n) is 4.71. The molecule has 0 saturated carbocycles. The van der Waals surface area contributed by atoms with Crippen LogP contribution in [0.2, 0.25) is 5.15 Å². The molecule has 0 aliphatic carbocycles. The maximum atomic E-state index is 12.4. The van der Waals surface area contributed by atoms with Crippen molar-refractivity contribution in [3.63, 3.8) is 0 Å². The van der Waals surface area contributed by atoms with E-state index in [1.807, 2.05) is 0 Å². The number of anilines is 2. The predicted octanol–water partition coefficient (Wildman–Crippen LogP) is 2.63. The molecule has 1 N–H and O–H groups in total. The second kappa shape index (κ2) is 4.45. The molecule has 0 aromatic carbocycles. The standard InChI is InChI=1S/C9H7ClF3N5/c1-18-4-5(2-15-18)16-8-14-3-6(7(10)17-8)9(11,12)13/h2-4H,1H3,(H,14,16,17). The maximum Gasteiger partial charge on any atom is 0.420 e. The number of halogens is 4. The van der Waals surface area contributed by atoms with E-state index in [9.17, 15) is 13.2 Å². The molecular formula is C9H7ClF3N5. The van der Waals surface area contributed by atoms with Crippen molar-refractivity contribution in [3.05, 3.63) is 29.3 Å². The molecule has 2 heterocycles. The first kappa shape index (κ1) is 12.6. The van der Waals surface area contributed by atoms with Gasteiger partial charge in [-0.05, 0) is 0 Å². The Hall–Kier alpha value is -1.83. The van der Waals surface area contributed by atoms with Crippen LogP contribution in [0.1, 0.15) is 5.56 Å². The molecular weight excluding hydrogens is 271 g/mol. The van der Waals surface area contributed by atoms with Crippen molar-refractivity contribution >= 4 is 23.2 Å². The highest BCUT2D eigenvalue weighted by atomic mass is 35.5. The lowest BCUT2D eigenvalue weighted by atomic mass is 10.3. The number of rotatable bonds is 2. The molecule has 0 atom stereocenters. The van der Waals surface area contributed by atoms with Crippen LogP contribution in [0.5, 0.6) is 0 Å². The summed E-state index contributed by atoms with van der Waals surface area (Å²) in [5, 5.41) is 5.92.